The zero-order chi connectivity index (χ0) is 12.8. The van der Waals surface area contributed by atoms with Crippen molar-refractivity contribution in [3.05, 3.63) is 35.4 Å². The molecule has 0 aliphatic heterocycles. The highest BCUT2D eigenvalue weighted by Gasteiger charge is 2.08. The van der Waals surface area contributed by atoms with Crippen LogP contribution >= 0.6 is 0 Å². The number of hydrogen-bond acceptors (Lipinski definition) is 3. The van der Waals surface area contributed by atoms with E-state index in [1.807, 2.05) is 24.3 Å². The largest absolute Gasteiger partial charge is 0.481 e. The quantitative estimate of drug-likeness (QED) is 0.699. The van der Waals surface area contributed by atoms with E-state index in [4.69, 9.17) is 10.8 Å². The molecule has 0 radical (unpaired) electrons. The van der Waals surface area contributed by atoms with Gasteiger partial charge in [0.05, 0.1) is 6.10 Å². The number of aliphatic carboxylic acids is 1. The lowest BCUT2D eigenvalue weighted by Gasteiger charge is -2.12. The molecule has 94 valence electrons. The van der Waals surface area contributed by atoms with Crippen LogP contribution in [0.25, 0.3) is 0 Å². The maximum Gasteiger partial charge on any atom is 0.303 e. The first kappa shape index (κ1) is 13.7. The van der Waals surface area contributed by atoms with Crippen molar-refractivity contribution in [1.29, 1.82) is 0 Å². The van der Waals surface area contributed by atoms with Gasteiger partial charge in [-0.3, -0.25) is 4.79 Å². The van der Waals surface area contributed by atoms with Crippen molar-refractivity contribution in [2.75, 3.05) is 0 Å². The van der Waals surface area contributed by atoms with Gasteiger partial charge in [0.1, 0.15) is 0 Å². The van der Waals surface area contributed by atoms with Gasteiger partial charge in [-0.15, -0.1) is 0 Å². The highest BCUT2D eigenvalue weighted by atomic mass is 16.4. The smallest absolute Gasteiger partial charge is 0.303 e. The molecule has 0 heterocycles. The highest BCUT2D eigenvalue weighted by Crippen LogP contribution is 2.17. The Kier molecular flexibility index (Phi) is 5.12. The van der Waals surface area contributed by atoms with E-state index < -0.39 is 5.97 Å². The number of aliphatic hydroxyl groups excluding tert-OH is 1. The molecule has 1 aromatic rings. The molecular weight excluding hydrogens is 218 g/mol. The van der Waals surface area contributed by atoms with Crippen LogP contribution < -0.4 is 5.73 Å². The fourth-order valence-electron chi connectivity index (χ4n) is 1.69. The zero-order valence-electron chi connectivity index (χ0n) is 9.97. The van der Waals surface area contributed by atoms with Crippen LogP contribution in [0, 0.1) is 0 Å². The molecular formula is C13H19NO3. The molecule has 0 saturated carbocycles. The summed E-state index contributed by atoms with van der Waals surface area (Å²) in [6, 6.07) is 7.38. The minimum absolute atomic E-state index is 0.0800. The fourth-order valence-corrected chi connectivity index (χ4v) is 1.69. The van der Waals surface area contributed by atoms with Crippen LogP contribution in [0.1, 0.15) is 36.9 Å². The van der Waals surface area contributed by atoms with E-state index in [-0.39, 0.29) is 18.6 Å². The Balaban J connectivity index is 2.57. The summed E-state index contributed by atoms with van der Waals surface area (Å²) in [6.07, 6.45) is 0.772. The van der Waals surface area contributed by atoms with E-state index in [1.54, 1.807) is 6.92 Å². The molecule has 1 aromatic carbocycles. The number of carbonyl (C=O) groups is 1. The number of rotatable bonds is 6. The second kappa shape index (κ2) is 6.37. The second-order valence-corrected chi connectivity index (χ2v) is 4.33. The molecule has 0 aliphatic rings. The Hall–Kier alpha value is -1.39. The molecule has 4 heteroatoms. The minimum atomic E-state index is -0.828. The number of benzene rings is 1. The zero-order valence-corrected chi connectivity index (χ0v) is 9.97. The van der Waals surface area contributed by atoms with Crippen LogP contribution in [-0.4, -0.2) is 22.3 Å². The molecule has 0 aliphatic carbocycles. The molecule has 0 amide bonds. The number of aliphatic hydroxyl groups is 1. The van der Waals surface area contributed by atoms with Gasteiger partial charge >= 0.3 is 5.97 Å². The van der Waals surface area contributed by atoms with Crippen molar-refractivity contribution in [3.8, 4) is 0 Å². The van der Waals surface area contributed by atoms with Gasteiger partial charge in [-0.1, -0.05) is 24.3 Å². The van der Waals surface area contributed by atoms with Crippen LogP contribution in [0.15, 0.2) is 24.3 Å². The third-order valence-corrected chi connectivity index (χ3v) is 2.61. The molecule has 0 saturated heterocycles. The third kappa shape index (κ3) is 4.97. The van der Waals surface area contributed by atoms with Crippen molar-refractivity contribution in [2.45, 2.75) is 38.3 Å². The molecule has 0 bridgehead atoms. The molecule has 2 unspecified atom stereocenters. The van der Waals surface area contributed by atoms with E-state index in [1.165, 1.54) is 0 Å². The summed E-state index contributed by atoms with van der Waals surface area (Å²) in [5.74, 6) is -0.828. The average Bonchev–Trinajstić information content (AvgIpc) is 2.26. The van der Waals surface area contributed by atoms with Gasteiger partial charge in [-0.2, -0.15) is 0 Å². The Morgan fingerprint density at radius 3 is 2.41 bits per heavy atom. The minimum Gasteiger partial charge on any atom is -0.481 e. The standard InChI is InChI=1S/C13H19NO3/c1-9(15)8-10-2-4-11(5-3-10)12(14)6-7-13(16)17/h2-5,9,12,15H,6-8,14H2,1H3,(H,16,17). The lowest BCUT2D eigenvalue weighted by molar-refractivity contribution is -0.137. The van der Waals surface area contributed by atoms with Crippen molar-refractivity contribution in [1.82, 2.24) is 0 Å². The van der Waals surface area contributed by atoms with Gasteiger partial charge in [0.25, 0.3) is 0 Å². The summed E-state index contributed by atoms with van der Waals surface area (Å²) in [5, 5.41) is 17.8. The molecule has 4 nitrogen and oxygen atoms in total. The maximum absolute atomic E-state index is 10.4. The van der Waals surface area contributed by atoms with Gasteiger partial charge in [0.2, 0.25) is 0 Å². The predicted octanol–water partition coefficient (Wildman–Crippen LogP) is 1.47. The van der Waals surface area contributed by atoms with Crippen LogP contribution in [0.3, 0.4) is 0 Å². The molecule has 0 aromatic heterocycles. The molecule has 17 heavy (non-hydrogen) atoms. The molecule has 0 fully saturated rings. The van der Waals surface area contributed by atoms with E-state index in [2.05, 4.69) is 0 Å². The Bertz CT molecular complexity index is 359. The summed E-state index contributed by atoms with van der Waals surface area (Å²) in [7, 11) is 0. The number of nitrogens with two attached hydrogens (primary N) is 1. The van der Waals surface area contributed by atoms with Crippen molar-refractivity contribution < 1.29 is 15.0 Å². The molecule has 4 N–H and O–H groups in total. The first-order valence-electron chi connectivity index (χ1n) is 5.73. The van der Waals surface area contributed by atoms with Crippen LogP contribution in [0.2, 0.25) is 0 Å². The van der Waals surface area contributed by atoms with Gasteiger partial charge in [-0.05, 0) is 30.9 Å². The second-order valence-electron chi connectivity index (χ2n) is 4.33. The lowest BCUT2D eigenvalue weighted by atomic mass is 10.00. The molecule has 2 atom stereocenters. The fraction of sp³-hybridized carbons (Fsp3) is 0.462. The summed E-state index contributed by atoms with van der Waals surface area (Å²) >= 11 is 0. The SMILES string of the molecule is CC(O)Cc1ccc(C(N)CCC(=O)O)cc1. The van der Waals surface area contributed by atoms with Crippen LogP contribution in [0.4, 0.5) is 0 Å². The normalized spacial score (nSPS) is 14.3. The van der Waals surface area contributed by atoms with E-state index in [0.29, 0.717) is 12.8 Å². The molecule has 0 spiro atoms. The summed E-state index contributed by atoms with van der Waals surface area (Å²) in [4.78, 5) is 10.4. The number of carboxylic acids is 1. The maximum atomic E-state index is 10.4. The van der Waals surface area contributed by atoms with Crippen LogP contribution in [-0.2, 0) is 11.2 Å². The average molecular weight is 237 g/mol. The van der Waals surface area contributed by atoms with Crippen molar-refractivity contribution in [2.24, 2.45) is 5.73 Å². The number of carboxylic acid groups (broad SMARTS) is 1. The molecule has 1 rings (SSSR count). The summed E-state index contributed by atoms with van der Waals surface area (Å²) in [5.41, 5.74) is 7.86. The van der Waals surface area contributed by atoms with Gasteiger partial charge in [-0.25, -0.2) is 0 Å². The Morgan fingerprint density at radius 2 is 1.94 bits per heavy atom. The lowest BCUT2D eigenvalue weighted by Crippen LogP contribution is -2.12. The predicted molar refractivity (Wildman–Crippen MR) is 65.6 cm³/mol. The van der Waals surface area contributed by atoms with Gasteiger partial charge in [0.15, 0.2) is 0 Å². The van der Waals surface area contributed by atoms with E-state index >= 15 is 0 Å². The Morgan fingerprint density at radius 1 is 1.35 bits per heavy atom. The highest BCUT2D eigenvalue weighted by molar-refractivity contribution is 5.66. The number of hydrogen-bond donors (Lipinski definition) is 3. The first-order valence-corrected chi connectivity index (χ1v) is 5.73. The van der Waals surface area contributed by atoms with Gasteiger partial charge in [0, 0.05) is 12.5 Å². The van der Waals surface area contributed by atoms with Gasteiger partial charge < -0.3 is 15.9 Å². The third-order valence-electron chi connectivity index (χ3n) is 2.61. The van der Waals surface area contributed by atoms with Crippen molar-refractivity contribution >= 4 is 5.97 Å². The van der Waals surface area contributed by atoms with E-state index in [9.17, 15) is 9.90 Å². The van der Waals surface area contributed by atoms with E-state index in [0.717, 1.165) is 11.1 Å². The van der Waals surface area contributed by atoms with Crippen molar-refractivity contribution in [3.63, 3.8) is 0 Å². The summed E-state index contributed by atoms with van der Waals surface area (Å²) in [6.45, 7) is 1.74. The summed E-state index contributed by atoms with van der Waals surface area (Å²) < 4.78 is 0. The first-order chi connectivity index (χ1) is 7.99. The topological polar surface area (TPSA) is 83.5 Å². The van der Waals surface area contributed by atoms with Crippen LogP contribution in [0.5, 0.6) is 0 Å². The monoisotopic (exact) mass is 237 g/mol. The Labute approximate surface area is 101 Å².